The van der Waals surface area contributed by atoms with Gasteiger partial charge in [0.05, 0.1) is 11.1 Å². The molecule has 1 fully saturated rings. The SMILES string of the molecule is CC(=O)Oc1ccc2c(c1)c(C(=O)NC1CCN(CCc3ccccc3)CC1)c(C)n2-c1ccc(Cl)cc1. The minimum atomic E-state index is -0.400. The molecule has 5 rings (SSSR count). The lowest BCUT2D eigenvalue weighted by Gasteiger charge is -2.32. The number of nitrogens with one attached hydrogen (secondary N) is 1. The van der Waals surface area contributed by atoms with Crippen molar-refractivity contribution in [2.45, 2.75) is 39.2 Å². The van der Waals surface area contributed by atoms with Gasteiger partial charge in [-0.25, -0.2) is 0 Å². The molecule has 0 radical (unpaired) electrons. The van der Waals surface area contributed by atoms with Crippen LogP contribution in [0.1, 0.15) is 41.4 Å². The average Bonchev–Trinajstić information content (AvgIpc) is 3.20. The molecule has 196 valence electrons. The fourth-order valence-electron chi connectivity index (χ4n) is 5.33. The van der Waals surface area contributed by atoms with E-state index >= 15 is 0 Å². The summed E-state index contributed by atoms with van der Waals surface area (Å²) in [5.74, 6) is -0.0924. The third-order valence-corrected chi connectivity index (χ3v) is 7.48. The molecular formula is C31H32ClN3O3. The molecule has 3 aromatic carbocycles. The molecule has 7 heteroatoms. The molecule has 0 unspecified atom stereocenters. The van der Waals surface area contributed by atoms with Crippen molar-refractivity contribution in [1.29, 1.82) is 0 Å². The fraction of sp³-hybridized carbons (Fsp3) is 0.290. The summed E-state index contributed by atoms with van der Waals surface area (Å²) in [7, 11) is 0. The van der Waals surface area contributed by atoms with Gasteiger partial charge in [0, 0.05) is 54.4 Å². The predicted molar refractivity (Wildman–Crippen MR) is 151 cm³/mol. The van der Waals surface area contributed by atoms with Gasteiger partial charge in [-0.15, -0.1) is 0 Å². The van der Waals surface area contributed by atoms with Crippen LogP contribution in [0.25, 0.3) is 16.6 Å². The van der Waals surface area contributed by atoms with Crippen LogP contribution in [0.5, 0.6) is 5.75 Å². The Morgan fingerprint density at radius 3 is 2.39 bits per heavy atom. The zero-order chi connectivity index (χ0) is 26.6. The Kier molecular flexibility index (Phi) is 7.82. The number of ether oxygens (including phenoxy) is 1. The second-order valence-corrected chi connectivity index (χ2v) is 10.3. The number of fused-ring (bicyclic) bond motifs is 1. The van der Waals surface area contributed by atoms with Crippen LogP contribution in [-0.2, 0) is 11.2 Å². The Morgan fingerprint density at radius 1 is 1.00 bits per heavy atom. The summed E-state index contributed by atoms with van der Waals surface area (Å²) in [4.78, 5) is 27.8. The molecule has 1 amide bonds. The van der Waals surface area contributed by atoms with Gasteiger partial charge in [-0.1, -0.05) is 41.9 Å². The van der Waals surface area contributed by atoms with Crippen molar-refractivity contribution in [2.75, 3.05) is 19.6 Å². The lowest BCUT2D eigenvalue weighted by atomic mass is 10.0. The zero-order valence-corrected chi connectivity index (χ0v) is 22.5. The predicted octanol–water partition coefficient (Wildman–Crippen LogP) is 5.95. The number of piperidine rings is 1. The highest BCUT2D eigenvalue weighted by Gasteiger charge is 2.26. The number of amides is 1. The molecule has 0 aliphatic carbocycles. The Hall–Kier alpha value is -3.61. The molecule has 0 spiro atoms. The first-order valence-electron chi connectivity index (χ1n) is 13.1. The second-order valence-electron chi connectivity index (χ2n) is 9.87. The normalized spacial score (nSPS) is 14.5. The monoisotopic (exact) mass is 529 g/mol. The average molecular weight is 530 g/mol. The molecule has 6 nitrogen and oxygen atoms in total. The topological polar surface area (TPSA) is 63.6 Å². The first kappa shape index (κ1) is 26.0. The van der Waals surface area contributed by atoms with Gasteiger partial charge in [0.25, 0.3) is 5.91 Å². The number of esters is 1. The number of carbonyl (C=O) groups is 2. The van der Waals surface area contributed by atoms with Gasteiger partial charge in [0.1, 0.15) is 5.75 Å². The molecule has 1 saturated heterocycles. The summed E-state index contributed by atoms with van der Waals surface area (Å²) in [5.41, 5.74) is 4.53. The van der Waals surface area contributed by atoms with Gasteiger partial charge >= 0.3 is 5.97 Å². The molecule has 4 aromatic rings. The van der Waals surface area contributed by atoms with Gasteiger partial charge < -0.3 is 19.5 Å². The van der Waals surface area contributed by atoms with Gasteiger partial charge in [-0.05, 0) is 74.2 Å². The van der Waals surface area contributed by atoms with Gasteiger partial charge in [-0.2, -0.15) is 0 Å². The van der Waals surface area contributed by atoms with Crippen molar-refractivity contribution in [2.24, 2.45) is 0 Å². The third-order valence-electron chi connectivity index (χ3n) is 7.23. The van der Waals surface area contributed by atoms with Crippen molar-refractivity contribution in [3.05, 3.63) is 94.6 Å². The van der Waals surface area contributed by atoms with Crippen molar-refractivity contribution in [3.63, 3.8) is 0 Å². The van der Waals surface area contributed by atoms with Crippen LogP contribution in [0.15, 0.2) is 72.8 Å². The van der Waals surface area contributed by atoms with Crippen LogP contribution in [-0.4, -0.2) is 47.0 Å². The van der Waals surface area contributed by atoms with Crippen LogP contribution in [0.4, 0.5) is 0 Å². The number of nitrogens with zero attached hydrogens (tertiary/aromatic N) is 2. The first-order valence-corrected chi connectivity index (χ1v) is 13.4. The summed E-state index contributed by atoms with van der Waals surface area (Å²) >= 11 is 6.13. The smallest absolute Gasteiger partial charge is 0.308 e. The van der Waals surface area contributed by atoms with Gasteiger partial charge in [0.15, 0.2) is 0 Å². The van der Waals surface area contributed by atoms with Crippen LogP contribution < -0.4 is 10.1 Å². The van der Waals surface area contributed by atoms with Crippen molar-refractivity contribution < 1.29 is 14.3 Å². The maximum atomic E-state index is 13.7. The van der Waals surface area contributed by atoms with E-state index in [9.17, 15) is 9.59 Å². The number of rotatable bonds is 7. The fourth-order valence-corrected chi connectivity index (χ4v) is 5.45. The molecule has 0 bridgehead atoms. The molecule has 2 heterocycles. The maximum Gasteiger partial charge on any atom is 0.308 e. The molecule has 1 N–H and O–H groups in total. The number of hydrogen-bond donors (Lipinski definition) is 1. The molecule has 1 aromatic heterocycles. The van der Waals surface area contributed by atoms with Crippen molar-refractivity contribution >= 4 is 34.4 Å². The molecular weight excluding hydrogens is 498 g/mol. The lowest BCUT2D eigenvalue weighted by molar-refractivity contribution is -0.131. The third kappa shape index (κ3) is 5.77. The lowest BCUT2D eigenvalue weighted by Crippen LogP contribution is -2.45. The number of carbonyl (C=O) groups excluding carboxylic acids is 2. The first-order chi connectivity index (χ1) is 18.4. The number of halogens is 1. The Bertz CT molecular complexity index is 1440. The molecule has 0 atom stereocenters. The number of aromatic nitrogens is 1. The second kappa shape index (κ2) is 11.4. The van der Waals surface area contributed by atoms with Crippen LogP contribution in [0.3, 0.4) is 0 Å². The summed E-state index contributed by atoms with van der Waals surface area (Å²) in [6, 6.07) is 23.6. The standard InChI is InChI=1S/C31H32ClN3O3/c1-21-30(31(37)33-25-15-18-34(19-16-25)17-14-23-6-4-3-5-7-23)28-20-27(38-22(2)36)12-13-29(28)35(21)26-10-8-24(32)9-11-26/h3-13,20,25H,14-19H2,1-2H3,(H,33,37). The van der Waals surface area contributed by atoms with E-state index in [4.69, 9.17) is 16.3 Å². The summed E-state index contributed by atoms with van der Waals surface area (Å²) in [6.45, 7) is 6.26. The van der Waals surface area contributed by atoms with E-state index < -0.39 is 5.97 Å². The van der Waals surface area contributed by atoms with Crippen LogP contribution >= 0.6 is 11.6 Å². The van der Waals surface area contributed by atoms with E-state index in [0.29, 0.717) is 16.3 Å². The number of likely N-dealkylation sites (tertiary alicyclic amines) is 1. The van der Waals surface area contributed by atoms with Crippen LogP contribution in [0, 0.1) is 6.92 Å². The summed E-state index contributed by atoms with van der Waals surface area (Å²) in [6.07, 6.45) is 2.86. The van der Waals surface area contributed by atoms with E-state index in [0.717, 1.165) is 61.2 Å². The van der Waals surface area contributed by atoms with Gasteiger partial charge in [-0.3, -0.25) is 9.59 Å². The van der Waals surface area contributed by atoms with E-state index in [2.05, 4.69) is 34.5 Å². The number of benzene rings is 3. The highest BCUT2D eigenvalue weighted by atomic mass is 35.5. The van der Waals surface area contributed by atoms with Crippen LogP contribution in [0.2, 0.25) is 5.02 Å². The van der Waals surface area contributed by atoms with Gasteiger partial charge in [0.2, 0.25) is 0 Å². The molecule has 38 heavy (non-hydrogen) atoms. The highest BCUT2D eigenvalue weighted by Crippen LogP contribution is 2.33. The van der Waals surface area contributed by atoms with E-state index in [-0.39, 0.29) is 11.9 Å². The van der Waals surface area contributed by atoms with Crippen molar-refractivity contribution in [1.82, 2.24) is 14.8 Å². The minimum Gasteiger partial charge on any atom is -0.427 e. The van der Waals surface area contributed by atoms with Crippen molar-refractivity contribution in [3.8, 4) is 11.4 Å². The van der Waals surface area contributed by atoms with E-state index in [1.807, 2.05) is 47.9 Å². The summed E-state index contributed by atoms with van der Waals surface area (Å²) < 4.78 is 7.39. The maximum absolute atomic E-state index is 13.7. The quantitative estimate of drug-likeness (QED) is 0.237. The minimum absolute atomic E-state index is 0.108. The van der Waals surface area contributed by atoms with E-state index in [1.165, 1.54) is 12.5 Å². The zero-order valence-electron chi connectivity index (χ0n) is 21.7. The molecule has 0 saturated carbocycles. The summed E-state index contributed by atoms with van der Waals surface area (Å²) in [5, 5.41) is 4.68. The molecule has 1 aliphatic rings. The Morgan fingerprint density at radius 2 is 1.71 bits per heavy atom. The highest BCUT2D eigenvalue weighted by molar-refractivity contribution is 6.30. The largest absolute Gasteiger partial charge is 0.427 e. The van der Waals surface area contributed by atoms with E-state index in [1.54, 1.807) is 12.1 Å². The molecule has 1 aliphatic heterocycles. The Balaban J connectivity index is 1.35. The number of hydrogen-bond acceptors (Lipinski definition) is 4. The Labute approximate surface area is 228 Å².